The van der Waals surface area contributed by atoms with Gasteiger partial charge in [0.05, 0.1) is 14.2 Å². The van der Waals surface area contributed by atoms with E-state index in [0.29, 0.717) is 17.1 Å². The van der Waals surface area contributed by atoms with E-state index >= 15 is 0 Å². The highest BCUT2D eigenvalue weighted by Crippen LogP contribution is 2.28. The van der Waals surface area contributed by atoms with Crippen LogP contribution in [-0.2, 0) is 30.3 Å². The molecule has 0 fully saturated rings. The van der Waals surface area contributed by atoms with E-state index in [1.165, 1.54) is 20.3 Å². The van der Waals surface area contributed by atoms with Crippen molar-refractivity contribution in [2.24, 2.45) is 0 Å². The van der Waals surface area contributed by atoms with Crippen molar-refractivity contribution >= 4 is 23.9 Å². The number of amides is 1. The standard InChI is InChI=1S/C24H24N2O7/c1-30-21-15-18(8-10-20(21)32-13-12-25)9-11-23(28)33-16-22(27)26-19(24(29)31-2)14-17-6-4-3-5-7-17/h3-11,15,19H,13-14,16H2,1-2H3,(H,26,27)/b11-9+. The van der Waals surface area contributed by atoms with Crippen LogP contribution in [0.5, 0.6) is 11.5 Å². The van der Waals surface area contributed by atoms with Gasteiger partial charge in [-0.25, -0.2) is 9.59 Å². The minimum Gasteiger partial charge on any atom is -0.493 e. The van der Waals surface area contributed by atoms with E-state index < -0.39 is 30.5 Å². The molecule has 1 amide bonds. The summed E-state index contributed by atoms with van der Waals surface area (Å²) in [7, 11) is 2.68. The summed E-state index contributed by atoms with van der Waals surface area (Å²) in [6.07, 6.45) is 2.87. The molecular formula is C24H24N2O7. The highest BCUT2D eigenvalue weighted by Gasteiger charge is 2.22. The number of carbonyl (C=O) groups is 3. The molecule has 0 saturated heterocycles. The van der Waals surface area contributed by atoms with Crippen molar-refractivity contribution < 1.29 is 33.3 Å². The number of methoxy groups -OCH3 is 2. The molecule has 0 bridgehead atoms. The lowest BCUT2D eigenvalue weighted by atomic mass is 10.1. The van der Waals surface area contributed by atoms with Gasteiger partial charge in [0.25, 0.3) is 5.91 Å². The average Bonchev–Trinajstić information content (AvgIpc) is 2.84. The molecule has 0 aliphatic heterocycles. The smallest absolute Gasteiger partial charge is 0.331 e. The molecule has 0 aliphatic rings. The second-order valence-corrected chi connectivity index (χ2v) is 6.63. The molecule has 0 spiro atoms. The molecular weight excluding hydrogens is 428 g/mol. The molecule has 33 heavy (non-hydrogen) atoms. The second-order valence-electron chi connectivity index (χ2n) is 6.63. The van der Waals surface area contributed by atoms with E-state index in [4.69, 9.17) is 24.2 Å². The van der Waals surface area contributed by atoms with Crippen molar-refractivity contribution in [3.05, 3.63) is 65.7 Å². The number of benzene rings is 2. The first kappa shape index (κ1) is 24.9. The Morgan fingerprint density at radius 2 is 1.85 bits per heavy atom. The fourth-order valence-corrected chi connectivity index (χ4v) is 2.79. The number of carbonyl (C=O) groups excluding carboxylic acids is 3. The molecule has 2 aromatic carbocycles. The summed E-state index contributed by atoms with van der Waals surface area (Å²) in [5.41, 5.74) is 1.46. The Balaban J connectivity index is 1.89. The lowest BCUT2D eigenvalue weighted by Gasteiger charge is -2.16. The van der Waals surface area contributed by atoms with Crippen LogP contribution in [-0.4, -0.2) is 51.3 Å². The summed E-state index contributed by atoms with van der Waals surface area (Å²) < 4.78 is 20.1. The minimum atomic E-state index is -0.909. The van der Waals surface area contributed by atoms with Crippen LogP contribution in [0.1, 0.15) is 11.1 Å². The number of rotatable bonds is 11. The van der Waals surface area contributed by atoms with Gasteiger partial charge in [-0.2, -0.15) is 5.26 Å². The van der Waals surface area contributed by atoms with Gasteiger partial charge >= 0.3 is 11.9 Å². The average molecular weight is 452 g/mol. The third-order valence-corrected chi connectivity index (χ3v) is 4.34. The molecule has 0 aromatic heterocycles. The van der Waals surface area contributed by atoms with Crippen LogP contribution < -0.4 is 14.8 Å². The number of hydrogen-bond donors (Lipinski definition) is 1. The lowest BCUT2D eigenvalue weighted by molar-refractivity contribution is -0.147. The molecule has 2 rings (SSSR count). The van der Waals surface area contributed by atoms with E-state index in [0.717, 1.165) is 11.6 Å². The van der Waals surface area contributed by atoms with Crippen molar-refractivity contribution in [2.75, 3.05) is 27.4 Å². The quantitative estimate of drug-likeness (QED) is 0.406. The highest BCUT2D eigenvalue weighted by atomic mass is 16.5. The third kappa shape index (κ3) is 8.38. The summed E-state index contributed by atoms with van der Waals surface area (Å²) in [5, 5.41) is 11.1. The van der Waals surface area contributed by atoms with E-state index in [1.807, 2.05) is 36.4 Å². The molecule has 0 saturated carbocycles. The monoisotopic (exact) mass is 452 g/mol. The summed E-state index contributed by atoms with van der Waals surface area (Å²) >= 11 is 0. The van der Waals surface area contributed by atoms with Crippen molar-refractivity contribution in [2.45, 2.75) is 12.5 Å². The van der Waals surface area contributed by atoms with E-state index in [9.17, 15) is 14.4 Å². The molecule has 172 valence electrons. The van der Waals surface area contributed by atoms with Crippen molar-refractivity contribution in [3.63, 3.8) is 0 Å². The van der Waals surface area contributed by atoms with Gasteiger partial charge in [0.1, 0.15) is 12.1 Å². The summed E-state index contributed by atoms with van der Waals surface area (Å²) in [5.74, 6) is -1.19. The zero-order chi connectivity index (χ0) is 24.1. The van der Waals surface area contributed by atoms with Crippen LogP contribution in [0.25, 0.3) is 6.08 Å². The number of nitrogens with one attached hydrogen (secondary N) is 1. The second kappa shape index (κ2) is 13.2. The van der Waals surface area contributed by atoms with Crippen LogP contribution in [0.4, 0.5) is 0 Å². The van der Waals surface area contributed by atoms with Crippen LogP contribution >= 0.6 is 0 Å². The van der Waals surface area contributed by atoms with Crippen LogP contribution in [0.15, 0.2) is 54.6 Å². The zero-order valence-corrected chi connectivity index (χ0v) is 18.3. The van der Waals surface area contributed by atoms with Crippen molar-refractivity contribution in [3.8, 4) is 17.6 Å². The van der Waals surface area contributed by atoms with Crippen molar-refractivity contribution in [1.29, 1.82) is 5.26 Å². The first-order chi connectivity index (χ1) is 16.0. The predicted octanol–water partition coefficient (Wildman–Crippen LogP) is 2.05. The first-order valence-electron chi connectivity index (χ1n) is 9.90. The molecule has 1 unspecified atom stereocenters. The van der Waals surface area contributed by atoms with Crippen LogP contribution in [0, 0.1) is 11.3 Å². The maximum atomic E-state index is 12.2. The first-order valence-corrected chi connectivity index (χ1v) is 9.90. The maximum absolute atomic E-state index is 12.2. The van der Waals surface area contributed by atoms with Gasteiger partial charge in [-0.15, -0.1) is 0 Å². The summed E-state index contributed by atoms with van der Waals surface area (Å²) in [4.78, 5) is 36.1. The predicted molar refractivity (Wildman–Crippen MR) is 118 cm³/mol. The highest BCUT2D eigenvalue weighted by molar-refractivity contribution is 5.90. The van der Waals surface area contributed by atoms with Crippen molar-refractivity contribution in [1.82, 2.24) is 5.32 Å². The Morgan fingerprint density at radius 3 is 2.52 bits per heavy atom. The zero-order valence-electron chi connectivity index (χ0n) is 18.3. The van der Waals surface area contributed by atoms with Gasteiger partial charge in [-0.05, 0) is 29.3 Å². The van der Waals surface area contributed by atoms with E-state index in [2.05, 4.69) is 5.32 Å². The molecule has 9 nitrogen and oxygen atoms in total. The van der Waals surface area contributed by atoms with Crippen LogP contribution in [0.2, 0.25) is 0 Å². The van der Waals surface area contributed by atoms with Gasteiger partial charge in [0, 0.05) is 12.5 Å². The number of hydrogen-bond acceptors (Lipinski definition) is 8. The minimum absolute atomic E-state index is 0.123. The molecule has 9 heteroatoms. The molecule has 2 aromatic rings. The van der Waals surface area contributed by atoms with E-state index in [-0.39, 0.29) is 13.0 Å². The Hall–Kier alpha value is -4.32. The summed E-state index contributed by atoms with van der Waals surface area (Å²) in [6.45, 7) is -0.683. The van der Waals surface area contributed by atoms with Gasteiger partial charge < -0.3 is 24.3 Å². The topological polar surface area (TPSA) is 124 Å². The Kier molecular flexibility index (Phi) is 9.95. The Morgan fingerprint density at radius 1 is 1.09 bits per heavy atom. The molecule has 1 atom stereocenters. The Labute approximate surface area is 191 Å². The van der Waals surface area contributed by atoms with Gasteiger partial charge in [0.2, 0.25) is 0 Å². The normalized spacial score (nSPS) is 11.2. The molecule has 0 aliphatic carbocycles. The fourth-order valence-electron chi connectivity index (χ4n) is 2.79. The van der Waals surface area contributed by atoms with Gasteiger partial charge in [0.15, 0.2) is 24.7 Å². The van der Waals surface area contributed by atoms with E-state index in [1.54, 1.807) is 18.2 Å². The lowest BCUT2D eigenvalue weighted by Crippen LogP contribution is -2.44. The van der Waals surface area contributed by atoms with Gasteiger partial charge in [-0.1, -0.05) is 36.4 Å². The maximum Gasteiger partial charge on any atom is 0.331 e. The summed E-state index contributed by atoms with van der Waals surface area (Å²) in [6, 6.07) is 15.0. The third-order valence-electron chi connectivity index (χ3n) is 4.34. The number of nitrogens with zero attached hydrogens (tertiary/aromatic N) is 1. The molecule has 1 N–H and O–H groups in total. The fraction of sp³-hybridized carbons (Fsp3) is 0.250. The Bertz CT molecular complexity index is 1030. The van der Waals surface area contributed by atoms with Crippen LogP contribution in [0.3, 0.4) is 0 Å². The largest absolute Gasteiger partial charge is 0.493 e. The number of nitriles is 1. The molecule has 0 heterocycles. The SMILES string of the molecule is COC(=O)C(Cc1ccccc1)NC(=O)COC(=O)/C=C/c1ccc(OCC#N)c(OC)c1. The number of esters is 2. The van der Waals surface area contributed by atoms with Gasteiger partial charge in [-0.3, -0.25) is 4.79 Å². The molecule has 0 radical (unpaired) electrons. The number of ether oxygens (including phenoxy) is 4.